The Morgan fingerprint density at radius 2 is 2.21 bits per heavy atom. The largest absolute Gasteiger partial charge is 0.475 e. The molecule has 0 saturated carbocycles. The summed E-state index contributed by atoms with van der Waals surface area (Å²) in [5.41, 5.74) is 0. The molecule has 108 valence electrons. The Hall–Kier alpha value is -0.900. The third-order valence-electron chi connectivity index (χ3n) is 2.48. The highest BCUT2D eigenvalue weighted by Crippen LogP contribution is 2.25. The molecule has 0 atom stereocenters. The van der Waals surface area contributed by atoms with Gasteiger partial charge in [-0.15, -0.1) is 0 Å². The van der Waals surface area contributed by atoms with Gasteiger partial charge in [-0.25, -0.2) is 17.9 Å². The standard InChI is InChI=1S/C10H15BrN2O5S/c1-3-13(2)5-4-12-19(16,17)8-6-7(10(14)15)18-9(8)11/h6,12H,3-5H2,1-2H3,(H,14,15). The van der Waals surface area contributed by atoms with Crippen molar-refractivity contribution in [3.05, 3.63) is 16.5 Å². The zero-order valence-electron chi connectivity index (χ0n) is 10.5. The third-order valence-corrected chi connectivity index (χ3v) is 4.80. The van der Waals surface area contributed by atoms with Crippen LogP contribution in [0, 0.1) is 0 Å². The number of aromatic carboxylic acids is 1. The normalized spacial score (nSPS) is 12.0. The Labute approximate surface area is 119 Å². The zero-order chi connectivity index (χ0) is 14.6. The SMILES string of the molecule is CCN(C)CCNS(=O)(=O)c1cc(C(=O)O)oc1Br. The predicted molar refractivity (Wildman–Crippen MR) is 71.7 cm³/mol. The zero-order valence-corrected chi connectivity index (χ0v) is 12.9. The number of likely N-dealkylation sites (N-methyl/N-ethyl adjacent to an activating group) is 1. The van der Waals surface area contributed by atoms with E-state index in [1.54, 1.807) is 0 Å². The van der Waals surface area contributed by atoms with Crippen molar-refractivity contribution in [2.24, 2.45) is 0 Å². The smallest absolute Gasteiger partial charge is 0.371 e. The minimum atomic E-state index is -3.79. The summed E-state index contributed by atoms with van der Waals surface area (Å²) in [5, 5.41) is 8.73. The van der Waals surface area contributed by atoms with E-state index in [0.29, 0.717) is 6.54 Å². The summed E-state index contributed by atoms with van der Waals surface area (Å²) in [5.74, 6) is -1.76. The van der Waals surface area contributed by atoms with Gasteiger partial charge >= 0.3 is 5.97 Å². The lowest BCUT2D eigenvalue weighted by molar-refractivity contribution is 0.0661. The van der Waals surface area contributed by atoms with E-state index < -0.39 is 21.8 Å². The van der Waals surface area contributed by atoms with Gasteiger partial charge in [-0.2, -0.15) is 0 Å². The van der Waals surface area contributed by atoms with E-state index in [4.69, 9.17) is 9.52 Å². The van der Waals surface area contributed by atoms with Crippen molar-refractivity contribution in [1.82, 2.24) is 9.62 Å². The molecule has 0 amide bonds. The number of carboxylic acid groups (broad SMARTS) is 1. The molecule has 0 saturated heterocycles. The second kappa shape index (κ2) is 6.51. The number of rotatable bonds is 7. The first-order chi connectivity index (χ1) is 8.77. The average molecular weight is 355 g/mol. The lowest BCUT2D eigenvalue weighted by Gasteiger charge is -2.13. The predicted octanol–water partition coefficient (Wildman–Crippen LogP) is 0.970. The van der Waals surface area contributed by atoms with Gasteiger partial charge in [0.2, 0.25) is 15.8 Å². The Balaban J connectivity index is 2.80. The monoisotopic (exact) mass is 354 g/mol. The molecular formula is C10H15BrN2O5S. The van der Waals surface area contributed by atoms with E-state index in [1.165, 1.54) is 0 Å². The molecule has 0 aromatic carbocycles. The van der Waals surface area contributed by atoms with Crippen LogP contribution in [0.3, 0.4) is 0 Å². The molecule has 1 rings (SSSR count). The molecule has 0 unspecified atom stereocenters. The molecule has 0 fully saturated rings. The number of hydrogen-bond donors (Lipinski definition) is 2. The van der Waals surface area contributed by atoms with E-state index in [1.807, 2.05) is 18.9 Å². The van der Waals surface area contributed by atoms with E-state index in [0.717, 1.165) is 12.6 Å². The van der Waals surface area contributed by atoms with Gasteiger partial charge in [-0.1, -0.05) is 6.92 Å². The van der Waals surface area contributed by atoms with Gasteiger partial charge in [0.1, 0.15) is 4.90 Å². The van der Waals surface area contributed by atoms with Crippen molar-refractivity contribution >= 4 is 31.9 Å². The van der Waals surface area contributed by atoms with Gasteiger partial charge in [0, 0.05) is 19.2 Å². The molecule has 0 aliphatic heterocycles. The Morgan fingerprint density at radius 3 is 2.68 bits per heavy atom. The fourth-order valence-electron chi connectivity index (χ4n) is 1.25. The molecule has 0 aliphatic rings. The molecule has 1 aromatic heterocycles. The maximum atomic E-state index is 11.9. The molecule has 2 N–H and O–H groups in total. The van der Waals surface area contributed by atoms with Gasteiger partial charge in [0.15, 0.2) is 4.67 Å². The van der Waals surface area contributed by atoms with Crippen LogP contribution in [0.15, 0.2) is 20.0 Å². The first-order valence-electron chi connectivity index (χ1n) is 5.48. The van der Waals surface area contributed by atoms with Crippen LogP contribution in [0.1, 0.15) is 17.5 Å². The minimum absolute atomic E-state index is 0.124. The maximum absolute atomic E-state index is 11.9. The fourth-order valence-corrected chi connectivity index (χ4v) is 3.21. The first kappa shape index (κ1) is 16.2. The summed E-state index contributed by atoms with van der Waals surface area (Å²) in [7, 11) is -1.92. The van der Waals surface area contributed by atoms with Gasteiger partial charge in [0.25, 0.3) is 0 Å². The molecule has 1 aromatic rings. The number of nitrogens with one attached hydrogen (secondary N) is 1. The molecule has 1 heterocycles. The summed E-state index contributed by atoms with van der Waals surface area (Å²) in [4.78, 5) is 12.4. The lowest BCUT2D eigenvalue weighted by Crippen LogP contribution is -2.32. The van der Waals surface area contributed by atoms with Crippen molar-refractivity contribution in [1.29, 1.82) is 0 Å². The molecular weight excluding hydrogens is 340 g/mol. The number of hydrogen-bond acceptors (Lipinski definition) is 5. The van der Waals surface area contributed by atoms with Gasteiger partial charge in [-0.3, -0.25) is 0 Å². The van der Waals surface area contributed by atoms with E-state index in [-0.39, 0.29) is 16.1 Å². The Bertz CT molecular complexity index is 554. The highest BCUT2D eigenvalue weighted by molar-refractivity contribution is 9.10. The van der Waals surface area contributed by atoms with Crippen molar-refractivity contribution < 1.29 is 22.7 Å². The van der Waals surface area contributed by atoms with E-state index in [2.05, 4.69) is 20.7 Å². The Morgan fingerprint density at radius 1 is 1.58 bits per heavy atom. The fraction of sp³-hybridized carbons (Fsp3) is 0.500. The topological polar surface area (TPSA) is 99.9 Å². The molecule has 9 heteroatoms. The van der Waals surface area contributed by atoms with Gasteiger partial charge in [0.05, 0.1) is 0 Å². The second-order valence-corrected chi connectivity index (χ2v) is 6.30. The van der Waals surface area contributed by atoms with Crippen LogP contribution in [-0.2, 0) is 10.0 Å². The van der Waals surface area contributed by atoms with Crippen molar-refractivity contribution in [2.45, 2.75) is 11.8 Å². The number of furan rings is 1. The minimum Gasteiger partial charge on any atom is -0.475 e. The number of carbonyl (C=O) groups is 1. The summed E-state index contributed by atoms with van der Waals surface area (Å²) >= 11 is 2.90. The van der Waals surface area contributed by atoms with Crippen molar-refractivity contribution in [3.63, 3.8) is 0 Å². The summed E-state index contributed by atoms with van der Waals surface area (Å²) in [6.07, 6.45) is 0. The van der Waals surface area contributed by atoms with Crippen LogP contribution in [0.4, 0.5) is 0 Å². The van der Waals surface area contributed by atoms with Gasteiger partial charge < -0.3 is 14.4 Å². The number of nitrogens with zero attached hydrogens (tertiary/aromatic N) is 1. The van der Waals surface area contributed by atoms with Crippen LogP contribution in [0.5, 0.6) is 0 Å². The van der Waals surface area contributed by atoms with E-state index >= 15 is 0 Å². The third kappa shape index (κ3) is 4.30. The van der Waals surface area contributed by atoms with Crippen LogP contribution >= 0.6 is 15.9 Å². The Kier molecular flexibility index (Phi) is 5.53. The lowest BCUT2D eigenvalue weighted by atomic mass is 10.5. The summed E-state index contributed by atoms with van der Waals surface area (Å²) in [6, 6.07) is 0.971. The number of carboxylic acids is 1. The molecule has 0 aliphatic carbocycles. The number of halogens is 1. The van der Waals surface area contributed by atoms with Crippen LogP contribution in [-0.4, -0.2) is 51.1 Å². The highest BCUT2D eigenvalue weighted by Gasteiger charge is 2.24. The quantitative estimate of drug-likeness (QED) is 0.756. The second-order valence-electron chi connectivity index (χ2n) is 3.85. The number of sulfonamides is 1. The van der Waals surface area contributed by atoms with Crippen LogP contribution < -0.4 is 4.72 Å². The summed E-state index contributed by atoms with van der Waals surface area (Å²) in [6.45, 7) is 3.55. The van der Waals surface area contributed by atoms with E-state index in [9.17, 15) is 13.2 Å². The van der Waals surface area contributed by atoms with Gasteiger partial charge in [-0.05, 0) is 29.5 Å². The summed E-state index contributed by atoms with van der Waals surface area (Å²) < 4.78 is 30.9. The molecule has 7 nitrogen and oxygen atoms in total. The molecule has 0 spiro atoms. The van der Waals surface area contributed by atoms with Crippen LogP contribution in [0.2, 0.25) is 0 Å². The first-order valence-corrected chi connectivity index (χ1v) is 7.76. The van der Waals surface area contributed by atoms with Crippen molar-refractivity contribution in [2.75, 3.05) is 26.7 Å². The highest BCUT2D eigenvalue weighted by atomic mass is 79.9. The van der Waals surface area contributed by atoms with Crippen LogP contribution in [0.25, 0.3) is 0 Å². The van der Waals surface area contributed by atoms with Crippen molar-refractivity contribution in [3.8, 4) is 0 Å². The maximum Gasteiger partial charge on any atom is 0.371 e. The molecule has 19 heavy (non-hydrogen) atoms. The average Bonchev–Trinajstić information content (AvgIpc) is 2.71. The molecule has 0 bridgehead atoms. The molecule has 0 radical (unpaired) electrons.